The van der Waals surface area contributed by atoms with Crippen molar-refractivity contribution in [2.24, 2.45) is 0 Å². The van der Waals surface area contributed by atoms with Gasteiger partial charge in [0.25, 0.3) is 15.7 Å². The number of aryl methyl sites for hydroxylation is 1. The maximum Gasteiger partial charge on any atom is 0.358 e. The minimum Gasteiger partial charge on any atom is -0.321 e. The summed E-state index contributed by atoms with van der Waals surface area (Å²) in [4.78, 5) is 28.7. The molecule has 2 aromatic carbocycles. The second kappa shape index (κ2) is 8.18. The quantitative estimate of drug-likeness (QED) is 0.342. The lowest BCUT2D eigenvalue weighted by Gasteiger charge is -2.13. The van der Waals surface area contributed by atoms with Crippen LogP contribution in [-0.4, -0.2) is 23.1 Å². The van der Waals surface area contributed by atoms with Crippen molar-refractivity contribution in [3.05, 3.63) is 58.1 Å². The van der Waals surface area contributed by atoms with E-state index >= 15 is 0 Å². The van der Waals surface area contributed by atoms with Crippen molar-refractivity contribution in [2.45, 2.75) is 31.1 Å². The van der Waals surface area contributed by atoms with Gasteiger partial charge in [-0.15, -0.1) is 0 Å². The van der Waals surface area contributed by atoms with Crippen molar-refractivity contribution in [3.63, 3.8) is 0 Å². The number of non-ortho nitro benzene ring substituents is 1. The fourth-order valence-corrected chi connectivity index (χ4v) is 4.28. The van der Waals surface area contributed by atoms with Crippen molar-refractivity contribution >= 4 is 34.3 Å². The Labute approximate surface area is 156 Å². The van der Waals surface area contributed by atoms with Gasteiger partial charge in [-0.2, -0.15) is 0 Å². The number of anilines is 1. The normalized spacial score (nSPS) is 12.0. The van der Waals surface area contributed by atoms with Crippen LogP contribution in [0.15, 0.2) is 47.4 Å². The second-order valence-corrected chi connectivity index (χ2v) is 9.11. The highest BCUT2D eigenvalue weighted by molar-refractivity contribution is 7.92. The molecule has 2 aromatic rings. The molecule has 0 aliphatic rings. The Bertz CT molecular complexity index is 984. The number of nitrogens with one attached hydrogen (secondary N) is 1. The third-order valence-corrected chi connectivity index (χ3v) is 6.18. The first kappa shape index (κ1) is 21.0. The van der Waals surface area contributed by atoms with Crippen molar-refractivity contribution in [2.75, 3.05) is 4.72 Å². The molecule has 0 saturated heterocycles. The number of benzene rings is 2. The van der Waals surface area contributed by atoms with Gasteiger partial charge in [0.1, 0.15) is 0 Å². The molecular formula is C16H19N2O7PS. The number of hydrogen-bond donors (Lipinski definition) is 3. The summed E-state index contributed by atoms with van der Waals surface area (Å²) >= 11 is 0. The standard InChI is InChI=1S/C16H19N2O7PS/c1-2-3-4-12-5-8-14(9-6-12)27(24,25)17-15-10-7-13(18(19)20)11-16(15)26(21,22)23/h5-11,17H,2-4H2,1H3,(H2,21,22,23). The van der Waals surface area contributed by atoms with Gasteiger partial charge in [0.05, 0.1) is 20.8 Å². The molecule has 3 N–H and O–H groups in total. The number of sulfonamides is 1. The average Bonchev–Trinajstić information content (AvgIpc) is 2.59. The van der Waals surface area contributed by atoms with Crippen molar-refractivity contribution in [1.82, 2.24) is 0 Å². The van der Waals surface area contributed by atoms with Gasteiger partial charge in [0.2, 0.25) is 0 Å². The van der Waals surface area contributed by atoms with Crippen molar-refractivity contribution in [3.8, 4) is 0 Å². The van der Waals surface area contributed by atoms with E-state index in [1.54, 1.807) is 12.1 Å². The molecule has 146 valence electrons. The highest BCUT2D eigenvalue weighted by Crippen LogP contribution is 2.38. The Kier molecular flexibility index (Phi) is 6.38. The Hall–Kier alpha value is -2.26. The van der Waals surface area contributed by atoms with E-state index < -0.39 is 39.2 Å². The summed E-state index contributed by atoms with van der Waals surface area (Å²) in [5.74, 6) is 0. The van der Waals surface area contributed by atoms with Crippen molar-refractivity contribution < 1.29 is 27.7 Å². The molecule has 0 aliphatic carbocycles. The van der Waals surface area contributed by atoms with Crippen LogP contribution in [0.1, 0.15) is 25.3 Å². The maximum atomic E-state index is 12.5. The summed E-state index contributed by atoms with van der Waals surface area (Å²) in [6.07, 6.45) is 2.79. The van der Waals surface area contributed by atoms with Gasteiger partial charge in [-0.3, -0.25) is 19.4 Å². The van der Waals surface area contributed by atoms with Crippen LogP contribution in [0, 0.1) is 10.1 Å². The molecule has 2 rings (SSSR count). The third kappa shape index (κ3) is 5.36. The Balaban J connectivity index is 2.37. The Morgan fingerprint density at radius 2 is 1.78 bits per heavy atom. The molecular weight excluding hydrogens is 395 g/mol. The van der Waals surface area contributed by atoms with Crippen molar-refractivity contribution in [1.29, 1.82) is 0 Å². The molecule has 0 heterocycles. The van der Waals surface area contributed by atoms with Gasteiger partial charge in [0, 0.05) is 12.1 Å². The smallest absolute Gasteiger partial charge is 0.321 e. The van der Waals surface area contributed by atoms with Gasteiger partial charge in [-0.05, 0) is 36.6 Å². The van der Waals surface area contributed by atoms with Crippen LogP contribution >= 0.6 is 7.60 Å². The summed E-state index contributed by atoms with van der Waals surface area (Å²) < 4.78 is 38.8. The monoisotopic (exact) mass is 414 g/mol. The molecule has 0 amide bonds. The molecule has 0 radical (unpaired) electrons. The molecule has 0 aromatic heterocycles. The lowest BCUT2D eigenvalue weighted by Crippen LogP contribution is -2.19. The zero-order chi connectivity index (χ0) is 20.2. The zero-order valence-electron chi connectivity index (χ0n) is 14.4. The first-order chi connectivity index (χ1) is 12.5. The van der Waals surface area contributed by atoms with Crippen LogP contribution in [0.4, 0.5) is 11.4 Å². The SMILES string of the molecule is CCCCc1ccc(S(=O)(=O)Nc2ccc([N+](=O)[O-])cc2P(=O)(O)O)cc1. The molecule has 11 heteroatoms. The third-order valence-electron chi connectivity index (χ3n) is 3.80. The van der Waals surface area contributed by atoms with E-state index in [0.717, 1.165) is 37.0 Å². The number of hydrogen-bond acceptors (Lipinski definition) is 5. The summed E-state index contributed by atoms with van der Waals surface area (Å²) in [7, 11) is -9.08. The lowest BCUT2D eigenvalue weighted by molar-refractivity contribution is -0.384. The Morgan fingerprint density at radius 1 is 1.15 bits per heavy atom. The summed E-state index contributed by atoms with van der Waals surface area (Å²) in [5.41, 5.74) is 0.00239. The fraction of sp³-hybridized carbons (Fsp3) is 0.250. The van der Waals surface area contributed by atoms with E-state index in [-0.39, 0.29) is 4.90 Å². The van der Waals surface area contributed by atoms with Crippen LogP contribution in [0.2, 0.25) is 0 Å². The Morgan fingerprint density at radius 3 is 2.30 bits per heavy atom. The average molecular weight is 414 g/mol. The van der Waals surface area contributed by atoms with Gasteiger partial charge >= 0.3 is 7.60 Å². The molecule has 0 bridgehead atoms. The fourth-order valence-electron chi connectivity index (χ4n) is 2.38. The molecule has 9 nitrogen and oxygen atoms in total. The highest BCUT2D eigenvalue weighted by atomic mass is 32.2. The van der Waals surface area contributed by atoms with Crippen LogP contribution in [-0.2, 0) is 21.0 Å². The van der Waals surface area contributed by atoms with Crippen LogP contribution in [0.25, 0.3) is 0 Å². The number of nitro groups is 1. The number of unbranched alkanes of at least 4 members (excludes halogenated alkanes) is 1. The van der Waals surface area contributed by atoms with E-state index in [1.807, 2.05) is 6.92 Å². The molecule has 0 unspecified atom stereocenters. The van der Waals surface area contributed by atoms with Gasteiger partial charge in [-0.1, -0.05) is 25.5 Å². The summed E-state index contributed by atoms with van der Waals surface area (Å²) in [5, 5.41) is 10.1. The molecule has 0 fully saturated rings. The van der Waals surface area contributed by atoms with E-state index in [9.17, 15) is 32.9 Å². The largest absolute Gasteiger partial charge is 0.358 e. The molecule has 0 spiro atoms. The van der Waals surface area contributed by atoms with Crippen LogP contribution in [0.3, 0.4) is 0 Å². The zero-order valence-corrected chi connectivity index (χ0v) is 16.1. The summed E-state index contributed by atoms with van der Waals surface area (Å²) in [6.45, 7) is 2.05. The van der Waals surface area contributed by atoms with E-state index in [2.05, 4.69) is 4.72 Å². The predicted molar refractivity (Wildman–Crippen MR) is 101 cm³/mol. The molecule has 0 saturated carbocycles. The van der Waals surface area contributed by atoms with Gasteiger partial charge in [0.15, 0.2) is 0 Å². The van der Waals surface area contributed by atoms with E-state index in [1.165, 1.54) is 12.1 Å². The van der Waals surface area contributed by atoms with E-state index in [4.69, 9.17) is 0 Å². The lowest BCUT2D eigenvalue weighted by atomic mass is 10.1. The predicted octanol–water partition coefficient (Wildman–Crippen LogP) is 2.54. The number of nitro benzene ring substituents is 1. The maximum absolute atomic E-state index is 12.5. The molecule has 27 heavy (non-hydrogen) atoms. The first-order valence-electron chi connectivity index (χ1n) is 8.01. The minimum absolute atomic E-state index is 0.0854. The summed E-state index contributed by atoms with van der Waals surface area (Å²) in [6, 6.07) is 8.72. The number of rotatable bonds is 8. The topological polar surface area (TPSA) is 147 Å². The van der Waals surface area contributed by atoms with Gasteiger partial charge < -0.3 is 9.79 Å². The first-order valence-corrected chi connectivity index (χ1v) is 11.1. The van der Waals surface area contributed by atoms with E-state index in [0.29, 0.717) is 6.07 Å². The van der Waals surface area contributed by atoms with Gasteiger partial charge in [-0.25, -0.2) is 8.42 Å². The minimum atomic E-state index is -4.95. The molecule has 0 aliphatic heterocycles. The van der Waals surface area contributed by atoms with Crippen LogP contribution in [0.5, 0.6) is 0 Å². The highest BCUT2D eigenvalue weighted by Gasteiger charge is 2.27. The van der Waals surface area contributed by atoms with Crippen LogP contribution < -0.4 is 10.0 Å². The molecule has 0 atom stereocenters. The number of nitrogens with zero attached hydrogens (tertiary/aromatic N) is 1. The second-order valence-electron chi connectivity index (χ2n) is 5.86.